The van der Waals surface area contributed by atoms with E-state index in [9.17, 15) is 0 Å². The Morgan fingerprint density at radius 3 is 1.78 bits per heavy atom. The zero-order valence-electron chi connectivity index (χ0n) is 34.7. The Hall–Kier alpha value is -8.18. The highest BCUT2D eigenvalue weighted by molar-refractivity contribution is 7.26. The number of nitrogens with zero attached hydrogens (tertiary/aromatic N) is 2. The van der Waals surface area contributed by atoms with Gasteiger partial charge in [0.1, 0.15) is 11.2 Å². The molecule has 0 bridgehead atoms. The molecular formula is C60H38N2OS. The second kappa shape index (κ2) is 14.7. The van der Waals surface area contributed by atoms with Crippen LogP contribution in [0.4, 0.5) is 17.1 Å². The zero-order chi connectivity index (χ0) is 42.1. The van der Waals surface area contributed by atoms with Gasteiger partial charge in [-0.15, -0.1) is 11.3 Å². The minimum Gasteiger partial charge on any atom is -0.456 e. The van der Waals surface area contributed by atoms with Crippen LogP contribution in [0.5, 0.6) is 0 Å². The summed E-state index contributed by atoms with van der Waals surface area (Å²) in [4.78, 5) is 2.38. The lowest BCUT2D eigenvalue weighted by Crippen LogP contribution is -2.10. The van der Waals surface area contributed by atoms with E-state index in [-0.39, 0.29) is 0 Å². The number of hydrogen-bond donors (Lipinski definition) is 0. The summed E-state index contributed by atoms with van der Waals surface area (Å²) in [7, 11) is 0. The lowest BCUT2D eigenvalue weighted by atomic mass is 10.00. The summed E-state index contributed by atoms with van der Waals surface area (Å²) < 4.78 is 11.2. The SMILES string of the molecule is c1ccc(-n2c3ccccc3c3cc(-c4cccc(N(c5ccc(-c6ccc7oc8ccccc8c7c6)cc5)c5ccc(-c6cccc7c6sc6ccccc67)cc5)c4)ccc32)cc1. The molecule has 64 heavy (non-hydrogen) atoms. The minimum atomic E-state index is 0.903. The predicted molar refractivity (Wildman–Crippen MR) is 272 cm³/mol. The van der Waals surface area contributed by atoms with Crippen molar-refractivity contribution in [1.82, 2.24) is 4.57 Å². The van der Waals surface area contributed by atoms with Gasteiger partial charge < -0.3 is 13.9 Å². The number of benzene rings is 10. The largest absolute Gasteiger partial charge is 0.456 e. The summed E-state index contributed by atoms with van der Waals surface area (Å²) in [6, 6.07) is 83.5. The normalized spacial score (nSPS) is 11.8. The molecule has 0 N–H and O–H groups in total. The van der Waals surface area contributed by atoms with E-state index in [0.29, 0.717) is 0 Å². The first-order valence-electron chi connectivity index (χ1n) is 21.7. The van der Waals surface area contributed by atoms with E-state index in [0.717, 1.165) is 61.4 Å². The van der Waals surface area contributed by atoms with Gasteiger partial charge in [-0.2, -0.15) is 0 Å². The lowest BCUT2D eigenvalue weighted by molar-refractivity contribution is 0.669. The lowest BCUT2D eigenvalue weighted by Gasteiger charge is -2.26. The highest BCUT2D eigenvalue weighted by Gasteiger charge is 2.18. The number of para-hydroxylation sites is 3. The fraction of sp³-hybridized carbons (Fsp3) is 0. The molecule has 300 valence electrons. The van der Waals surface area contributed by atoms with Crippen LogP contribution in [-0.4, -0.2) is 4.57 Å². The number of thiophene rings is 1. The maximum atomic E-state index is 6.16. The molecule has 0 amide bonds. The number of fused-ring (bicyclic) bond motifs is 9. The van der Waals surface area contributed by atoms with Gasteiger partial charge in [-0.3, -0.25) is 0 Å². The van der Waals surface area contributed by atoms with Crippen molar-refractivity contribution < 1.29 is 4.42 Å². The van der Waals surface area contributed by atoms with Gasteiger partial charge in [0.15, 0.2) is 0 Å². The molecule has 0 unspecified atom stereocenters. The van der Waals surface area contributed by atoms with E-state index in [1.807, 2.05) is 23.5 Å². The van der Waals surface area contributed by atoms with Gasteiger partial charge in [0.05, 0.1) is 11.0 Å². The average molecular weight is 835 g/mol. The number of rotatable bonds is 7. The fourth-order valence-corrected chi connectivity index (χ4v) is 11.0. The van der Waals surface area contributed by atoms with Crippen LogP contribution in [-0.2, 0) is 0 Å². The van der Waals surface area contributed by atoms with Gasteiger partial charge in [0, 0.05) is 64.5 Å². The molecule has 10 aromatic carbocycles. The second-order valence-corrected chi connectivity index (χ2v) is 17.5. The Morgan fingerprint density at radius 1 is 0.344 bits per heavy atom. The Labute approximate surface area is 373 Å². The van der Waals surface area contributed by atoms with Crippen LogP contribution in [0.15, 0.2) is 235 Å². The van der Waals surface area contributed by atoms with Crippen LogP contribution >= 0.6 is 11.3 Å². The molecule has 0 aliphatic rings. The third-order valence-corrected chi connectivity index (χ3v) is 14.0. The van der Waals surface area contributed by atoms with Crippen molar-refractivity contribution in [3.05, 3.63) is 231 Å². The van der Waals surface area contributed by atoms with Gasteiger partial charge in [-0.05, 0) is 124 Å². The number of anilines is 3. The number of furan rings is 1. The molecule has 0 aliphatic heterocycles. The minimum absolute atomic E-state index is 0.903. The summed E-state index contributed by atoms with van der Waals surface area (Å²) in [6.45, 7) is 0. The zero-order valence-corrected chi connectivity index (χ0v) is 35.5. The van der Waals surface area contributed by atoms with E-state index in [2.05, 4.69) is 228 Å². The Kier molecular flexibility index (Phi) is 8.40. The molecule has 3 aromatic heterocycles. The van der Waals surface area contributed by atoms with Crippen molar-refractivity contribution in [3.63, 3.8) is 0 Å². The van der Waals surface area contributed by atoms with Crippen molar-refractivity contribution in [3.8, 4) is 39.1 Å². The van der Waals surface area contributed by atoms with Gasteiger partial charge >= 0.3 is 0 Å². The Bertz CT molecular complexity index is 3890. The molecule has 0 fully saturated rings. The summed E-state index contributed by atoms with van der Waals surface area (Å²) in [5, 5.41) is 7.37. The summed E-state index contributed by atoms with van der Waals surface area (Å²) >= 11 is 1.87. The van der Waals surface area contributed by atoms with Gasteiger partial charge in [0.2, 0.25) is 0 Å². The van der Waals surface area contributed by atoms with E-state index < -0.39 is 0 Å². The standard InChI is InChI=1S/C60H38N2OS/c1-2-13-44(14-3-1)62-55-21-7-4-16-49(55)53-37-43(28-34-56(53)62)41-12-10-15-47(36-41)61(45-30-24-39(25-31-45)42-29-35-58-54(38-42)50-17-5-8-22-57(50)63-58)46-32-26-40(27-33-46)48-19-11-20-52-51-18-6-9-23-59(51)64-60(48)52/h1-38H. The van der Waals surface area contributed by atoms with Crippen LogP contribution in [0.2, 0.25) is 0 Å². The molecular weight excluding hydrogens is 797 g/mol. The molecule has 4 heteroatoms. The van der Waals surface area contributed by atoms with Crippen molar-refractivity contribution in [2.24, 2.45) is 0 Å². The van der Waals surface area contributed by atoms with Crippen LogP contribution in [0, 0.1) is 0 Å². The van der Waals surface area contributed by atoms with E-state index >= 15 is 0 Å². The predicted octanol–water partition coefficient (Wildman–Crippen LogP) is 17.5. The highest BCUT2D eigenvalue weighted by atomic mass is 32.1. The third kappa shape index (κ3) is 5.95. The van der Waals surface area contributed by atoms with Crippen molar-refractivity contribution in [2.45, 2.75) is 0 Å². The van der Waals surface area contributed by atoms with Gasteiger partial charge in [0.25, 0.3) is 0 Å². The number of aromatic nitrogens is 1. The van der Waals surface area contributed by atoms with Crippen LogP contribution in [0.3, 0.4) is 0 Å². The molecule has 3 nitrogen and oxygen atoms in total. The average Bonchev–Trinajstić information content (AvgIpc) is 4.04. The topological polar surface area (TPSA) is 21.3 Å². The molecule has 13 rings (SSSR count). The first-order valence-corrected chi connectivity index (χ1v) is 22.6. The third-order valence-electron chi connectivity index (χ3n) is 12.8. The summed E-state index contributed by atoms with van der Waals surface area (Å²) in [5.74, 6) is 0. The fourth-order valence-electron chi connectivity index (χ4n) is 9.75. The van der Waals surface area contributed by atoms with Crippen LogP contribution in [0.1, 0.15) is 0 Å². The van der Waals surface area contributed by atoms with E-state index in [1.165, 1.54) is 58.7 Å². The first kappa shape index (κ1) is 36.5. The van der Waals surface area contributed by atoms with Crippen molar-refractivity contribution in [2.75, 3.05) is 4.90 Å². The monoisotopic (exact) mass is 834 g/mol. The Morgan fingerprint density at radius 2 is 0.938 bits per heavy atom. The van der Waals surface area contributed by atoms with Gasteiger partial charge in [-0.25, -0.2) is 0 Å². The number of hydrogen-bond acceptors (Lipinski definition) is 3. The molecule has 0 saturated carbocycles. The molecule has 0 atom stereocenters. The Balaban J connectivity index is 0.921. The molecule has 0 aliphatic carbocycles. The van der Waals surface area contributed by atoms with Gasteiger partial charge in [-0.1, -0.05) is 140 Å². The quantitative estimate of drug-likeness (QED) is 0.159. The maximum absolute atomic E-state index is 6.16. The van der Waals surface area contributed by atoms with Crippen molar-refractivity contribution in [1.29, 1.82) is 0 Å². The second-order valence-electron chi connectivity index (χ2n) is 16.5. The molecule has 13 aromatic rings. The summed E-state index contributed by atoms with van der Waals surface area (Å²) in [5.41, 5.74) is 15.7. The van der Waals surface area contributed by atoms with Crippen molar-refractivity contribution >= 4 is 92.3 Å². The highest BCUT2D eigenvalue weighted by Crippen LogP contribution is 2.43. The van der Waals surface area contributed by atoms with Crippen LogP contribution < -0.4 is 4.90 Å². The van der Waals surface area contributed by atoms with E-state index in [4.69, 9.17) is 4.42 Å². The van der Waals surface area contributed by atoms with Crippen LogP contribution in [0.25, 0.3) is 103 Å². The van der Waals surface area contributed by atoms with E-state index in [1.54, 1.807) is 0 Å². The molecule has 0 saturated heterocycles. The first-order chi connectivity index (χ1) is 31.7. The smallest absolute Gasteiger partial charge is 0.135 e. The molecule has 3 heterocycles. The maximum Gasteiger partial charge on any atom is 0.135 e. The molecule has 0 radical (unpaired) electrons. The summed E-state index contributed by atoms with van der Waals surface area (Å²) in [6.07, 6.45) is 0. The molecule has 0 spiro atoms.